The standard InChI is InChI=1S/C16H21NO2S/c1-4-12-5-6-14(15(9-12)18-3)19-16(11(2)17)13-7-8-20-10-13/h5-11,16H,4,17H2,1-3H3. The van der Waals surface area contributed by atoms with Crippen molar-refractivity contribution >= 4 is 11.3 Å². The Morgan fingerprint density at radius 3 is 2.60 bits per heavy atom. The lowest BCUT2D eigenvalue weighted by Gasteiger charge is -2.23. The van der Waals surface area contributed by atoms with E-state index < -0.39 is 0 Å². The maximum Gasteiger partial charge on any atom is 0.162 e. The van der Waals surface area contributed by atoms with Crippen LogP contribution in [0.3, 0.4) is 0 Å². The van der Waals surface area contributed by atoms with Gasteiger partial charge in [0.1, 0.15) is 6.10 Å². The highest BCUT2D eigenvalue weighted by Crippen LogP contribution is 2.33. The monoisotopic (exact) mass is 291 g/mol. The smallest absolute Gasteiger partial charge is 0.162 e. The lowest BCUT2D eigenvalue weighted by molar-refractivity contribution is 0.173. The third-order valence-corrected chi connectivity index (χ3v) is 3.94. The molecule has 0 fully saturated rings. The Morgan fingerprint density at radius 2 is 2.05 bits per heavy atom. The molecule has 0 aliphatic carbocycles. The highest BCUT2D eigenvalue weighted by atomic mass is 32.1. The van der Waals surface area contributed by atoms with E-state index >= 15 is 0 Å². The van der Waals surface area contributed by atoms with Crippen molar-refractivity contribution in [3.63, 3.8) is 0 Å². The number of hydrogen-bond acceptors (Lipinski definition) is 4. The van der Waals surface area contributed by atoms with Crippen LogP contribution in [0.15, 0.2) is 35.0 Å². The average Bonchev–Trinajstić information content (AvgIpc) is 2.98. The van der Waals surface area contributed by atoms with Crippen molar-refractivity contribution in [2.45, 2.75) is 32.4 Å². The maximum atomic E-state index is 6.10. The number of nitrogens with two attached hydrogens (primary N) is 1. The molecule has 0 bridgehead atoms. The fourth-order valence-corrected chi connectivity index (χ4v) is 2.77. The van der Waals surface area contributed by atoms with Crippen molar-refractivity contribution in [3.05, 3.63) is 46.2 Å². The number of methoxy groups -OCH3 is 1. The van der Waals surface area contributed by atoms with E-state index in [1.54, 1.807) is 18.4 Å². The molecule has 0 spiro atoms. The summed E-state index contributed by atoms with van der Waals surface area (Å²) in [5.74, 6) is 1.49. The minimum Gasteiger partial charge on any atom is -0.493 e. The van der Waals surface area contributed by atoms with Gasteiger partial charge < -0.3 is 15.2 Å². The van der Waals surface area contributed by atoms with Gasteiger partial charge in [0.25, 0.3) is 0 Å². The highest BCUT2D eigenvalue weighted by molar-refractivity contribution is 7.07. The average molecular weight is 291 g/mol. The third kappa shape index (κ3) is 3.32. The molecule has 3 nitrogen and oxygen atoms in total. The first-order valence-electron chi connectivity index (χ1n) is 6.77. The van der Waals surface area contributed by atoms with Gasteiger partial charge in [-0.2, -0.15) is 11.3 Å². The Kier molecular flexibility index (Phi) is 5.04. The van der Waals surface area contributed by atoms with Crippen molar-refractivity contribution < 1.29 is 9.47 Å². The van der Waals surface area contributed by atoms with Crippen molar-refractivity contribution in [2.24, 2.45) is 5.73 Å². The number of thiophene rings is 1. The van der Waals surface area contributed by atoms with E-state index in [4.69, 9.17) is 15.2 Å². The second-order valence-electron chi connectivity index (χ2n) is 4.79. The van der Waals surface area contributed by atoms with Crippen LogP contribution in [0.25, 0.3) is 0 Å². The molecule has 1 aromatic heterocycles. The van der Waals surface area contributed by atoms with Crippen LogP contribution in [-0.4, -0.2) is 13.2 Å². The molecule has 1 aromatic carbocycles. The normalized spacial score (nSPS) is 13.8. The van der Waals surface area contributed by atoms with Crippen LogP contribution in [0.5, 0.6) is 11.5 Å². The molecule has 2 atom stereocenters. The lowest BCUT2D eigenvalue weighted by Crippen LogP contribution is -2.28. The van der Waals surface area contributed by atoms with Gasteiger partial charge in [0.15, 0.2) is 11.5 Å². The summed E-state index contributed by atoms with van der Waals surface area (Å²) >= 11 is 1.65. The van der Waals surface area contributed by atoms with Crippen LogP contribution >= 0.6 is 11.3 Å². The van der Waals surface area contributed by atoms with E-state index in [9.17, 15) is 0 Å². The summed E-state index contributed by atoms with van der Waals surface area (Å²) < 4.78 is 11.5. The van der Waals surface area contributed by atoms with Crippen LogP contribution < -0.4 is 15.2 Å². The Labute approximate surface area is 124 Å². The van der Waals surface area contributed by atoms with Gasteiger partial charge in [-0.15, -0.1) is 0 Å². The van der Waals surface area contributed by atoms with Gasteiger partial charge >= 0.3 is 0 Å². The predicted molar refractivity (Wildman–Crippen MR) is 83.7 cm³/mol. The van der Waals surface area contributed by atoms with Gasteiger partial charge in [-0.25, -0.2) is 0 Å². The van der Waals surface area contributed by atoms with Crippen molar-refractivity contribution in [1.29, 1.82) is 0 Å². The molecule has 20 heavy (non-hydrogen) atoms. The highest BCUT2D eigenvalue weighted by Gasteiger charge is 2.20. The second kappa shape index (κ2) is 6.77. The Bertz CT molecular complexity index is 537. The number of rotatable bonds is 6. The number of ether oxygens (including phenoxy) is 2. The Hall–Kier alpha value is -1.52. The fourth-order valence-electron chi connectivity index (χ4n) is 2.08. The first kappa shape index (κ1) is 14.9. The Morgan fingerprint density at radius 1 is 1.25 bits per heavy atom. The summed E-state index contributed by atoms with van der Waals surface area (Å²) in [6.45, 7) is 4.07. The molecule has 108 valence electrons. The number of aryl methyl sites for hydroxylation is 1. The van der Waals surface area contributed by atoms with Gasteiger partial charge in [-0.3, -0.25) is 0 Å². The molecular weight excluding hydrogens is 270 g/mol. The maximum absolute atomic E-state index is 6.10. The molecular formula is C16H21NO2S. The van der Waals surface area contributed by atoms with E-state index in [2.05, 4.69) is 18.4 Å². The van der Waals surface area contributed by atoms with E-state index in [1.165, 1.54) is 5.56 Å². The fraction of sp³-hybridized carbons (Fsp3) is 0.375. The zero-order valence-corrected chi connectivity index (χ0v) is 12.9. The van der Waals surface area contributed by atoms with Crippen LogP contribution in [-0.2, 0) is 6.42 Å². The van der Waals surface area contributed by atoms with Gasteiger partial charge in [0, 0.05) is 11.6 Å². The molecule has 1 heterocycles. The molecule has 0 aliphatic rings. The Balaban J connectivity index is 2.27. The first-order chi connectivity index (χ1) is 9.65. The quantitative estimate of drug-likeness (QED) is 0.880. The molecule has 2 unspecified atom stereocenters. The van der Waals surface area contributed by atoms with Gasteiger partial charge in [0.05, 0.1) is 7.11 Å². The van der Waals surface area contributed by atoms with Crippen LogP contribution in [0, 0.1) is 0 Å². The minimum atomic E-state index is -0.164. The topological polar surface area (TPSA) is 44.5 Å². The van der Waals surface area contributed by atoms with Crippen molar-refractivity contribution in [3.8, 4) is 11.5 Å². The van der Waals surface area contributed by atoms with Crippen molar-refractivity contribution in [2.75, 3.05) is 7.11 Å². The van der Waals surface area contributed by atoms with Crippen molar-refractivity contribution in [1.82, 2.24) is 0 Å². The lowest BCUT2D eigenvalue weighted by atomic mass is 10.1. The summed E-state index contributed by atoms with van der Waals surface area (Å²) in [7, 11) is 1.66. The molecule has 4 heteroatoms. The van der Waals surface area contributed by atoms with E-state index in [0.29, 0.717) is 0 Å². The molecule has 0 amide bonds. The summed E-state index contributed by atoms with van der Waals surface area (Å²) in [5, 5.41) is 4.10. The van der Waals surface area contributed by atoms with E-state index in [-0.39, 0.29) is 12.1 Å². The van der Waals surface area contributed by atoms with Crippen LogP contribution in [0.1, 0.15) is 31.1 Å². The van der Waals surface area contributed by atoms with Crippen LogP contribution in [0.2, 0.25) is 0 Å². The van der Waals surface area contributed by atoms with Gasteiger partial charge in [-0.1, -0.05) is 13.0 Å². The van der Waals surface area contributed by atoms with Gasteiger partial charge in [-0.05, 0) is 47.9 Å². The third-order valence-electron chi connectivity index (χ3n) is 3.24. The zero-order valence-electron chi connectivity index (χ0n) is 12.1. The van der Waals surface area contributed by atoms with E-state index in [0.717, 1.165) is 23.5 Å². The predicted octanol–water partition coefficient (Wildman–Crippen LogP) is 3.79. The molecule has 2 N–H and O–H groups in total. The van der Waals surface area contributed by atoms with Gasteiger partial charge in [0.2, 0.25) is 0 Å². The molecule has 0 saturated carbocycles. The second-order valence-corrected chi connectivity index (χ2v) is 5.57. The molecule has 0 aliphatic heterocycles. The summed E-state index contributed by atoms with van der Waals surface area (Å²) in [5.41, 5.74) is 8.39. The molecule has 2 rings (SSSR count). The molecule has 2 aromatic rings. The van der Waals surface area contributed by atoms with Crippen LogP contribution in [0.4, 0.5) is 0 Å². The first-order valence-corrected chi connectivity index (χ1v) is 7.71. The molecule has 0 saturated heterocycles. The summed E-state index contributed by atoms with van der Waals surface area (Å²) in [6.07, 6.45) is 0.806. The largest absolute Gasteiger partial charge is 0.493 e. The number of benzene rings is 1. The van der Waals surface area contributed by atoms with E-state index in [1.807, 2.05) is 30.5 Å². The summed E-state index contributed by atoms with van der Waals surface area (Å²) in [4.78, 5) is 0. The SMILES string of the molecule is CCc1ccc(OC(c2ccsc2)C(C)N)c(OC)c1. The summed E-state index contributed by atoms with van der Waals surface area (Å²) in [6, 6.07) is 7.98. The number of hydrogen-bond donors (Lipinski definition) is 1. The zero-order chi connectivity index (χ0) is 14.5. The minimum absolute atomic E-state index is 0.0971. The molecule has 0 radical (unpaired) electrons.